The summed E-state index contributed by atoms with van der Waals surface area (Å²) in [5, 5.41) is 0. The van der Waals surface area contributed by atoms with E-state index in [1.54, 1.807) is 37.6 Å². The molecule has 0 bridgehead atoms. The van der Waals surface area contributed by atoms with Gasteiger partial charge in [0.05, 0.1) is 27.0 Å². The monoisotopic (exact) mass is 299 g/mol. The Hall–Kier alpha value is -2.82. The summed E-state index contributed by atoms with van der Waals surface area (Å²) in [5.74, 6) is 0.511. The number of carbonyl (C=O) groups is 1. The van der Waals surface area contributed by atoms with Gasteiger partial charge >= 0.3 is 5.97 Å². The molecule has 0 saturated heterocycles. The number of ether oxygens (including phenoxy) is 3. The molecule has 0 atom stereocenters. The van der Waals surface area contributed by atoms with Gasteiger partial charge in [-0.05, 0) is 29.8 Å². The van der Waals surface area contributed by atoms with Gasteiger partial charge in [-0.2, -0.15) is 0 Å². The Labute approximate surface area is 129 Å². The van der Waals surface area contributed by atoms with Crippen LogP contribution in [0.3, 0.4) is 0 Å². The van der Waals surface area contributed by atoms with Crippen LogP contribution in [-0.4, -0.2) is 32.3 Å². The summed E-state index contributed by atoms with van der Waals surface area (Å²) >= 11 is 0. The Morgan fingerprint density at radius 3 is 2.50 bits per heavy atom. The standard InChI is InChI=1S/C17H17NO4/c1-20-14-10-12(7-8-13-6-4-5-9-18-13)16(17(19)22-3)15(11-14)21-2/h4-11H,1-3H3. The minimum Gasteiger partial charge on any atom is -0.497 e. The number of hydrogen-bond donors (Lipinski definition) is 0. The van der Waals surface area contributed by atoms with Gasteiger partial charge in [-0.1, -0.05) is 12.1 Å². The fraction of sp³-hybridized carbons (Fsp3) is 0.176. The Morgan fingerprint density at radius 1 is 1.09 bits per heavy atom. The molecule has 0 aliphatic heterocycles. The third-order valence-electron chi connectivity index (χ3n) is 3.07. The Balaban J connectivity index is 2.52. The van der Waals surface area contributed by atoms with Crippen LogP contribution >= 0.6 is 0 Å². The van der Waals surface area contributed by atoms with E-state index in [9.17, 15) is 4.79 Å². The maximum absolute atomic E-state index is 12.0. The second-order valence-corrected chi connectivity index (χ2v) is 4.37. The molecule has 0 spiro atoms. The molecular weight excluding hydrogens is 282 g/mol. The summed E-state index contributed by atoms with van der Waals surface area (Å²) < 4.78 is 15.3. The first-order valence-corrected chi connectivity index (χ1v) is 6.63. The van der Waals surface area contributed by atoms with E-state index in [1.807, 2.05) is 18.2 Å². The van der Waals surface area contributed by atoms with Crippen molar-refractivity contribution >= 4 is 18.1 Å². The van der Waals surface area contributed by atoms with Crippen LogP contribution in [0.2, 0.25) is 0 Å². The van der Waals surface area contributed by atoms with Crippen LogP contribution in [0.25, 0.3) is 12.2 Å². The van der Waals surface area contributed by atoms with Crippen molar-refractivity contribution < 1.29 is 19.0 Å². The Morgan fingerprint density at radius 2 is 1.91 bits per heavy atom. The summed E-state index contributed by atoms with van der Waals surface area (Å²) in [6.07, 6.45) is 5.29. The minimum absolute atomic E-state index is 0.345. The topological polar surface area (TPSA) is 57.7 Å². The van der Waals surface area contributed by atoms with E-state index in [2.05, 4.69) is 4.98 Å². The van der Waals surface area contributed by atoms with Crippen molar-refractivity contribution in [2.45, 2.75) is 0 Å². The molecule has 0 aliphatic rings. The summed E-state index contributed by atoms with van der Waals surface area (Å²) in [6, 6.07) is 8.98. The van der Waals surface area contributed by atoms with E-state index >= 15 is 0 Å². The molecular formula is C17H17NO4. The van der Waals surface area contributed by atoms with Crippen LogP contribution in [0, 0.1) is 0 Å². The van der Waals surface area contributed by atoms with Gasteiger partial charge in [0.2, 0.25) is 0 Å². The zero-order chi connectivity index (χ0) is 15.9. The van der Waals surface area contributed by atoms with Crippen LogP contribution in [-0.2, 0) is 4.74 Å². The lowest BCUT2D eigenvalue weighted by atomic mass is 10.0. The van der Waals surface area contributed by atoms with E-state index in [-0.39, 0.29) is 0 Å². The molecule has 22 heavy (non-hydrogen) atoms. The van der Waals surface area contributed by atoms with E-state index in [0.29, 0.717) is 22.6 Å². The number of hydrogen-bond acceptors (Lipinski definition) is 5. The van der Waals surface area contributed by atoms with Crippen LogP contribution in [0.15, 0.2) is 36.5 Å². The number of pyridine rings is 1. The van der Waals surface area contributed by atoms with E-state index in [1.165, 1.54) is 14.2 Å². The first kappa shape index (κ1) is 15.6. The second-order valence-electron chi connectivity index (χ2n) is 4.37. The third-order valence-corrected chi connectivity index (χ3v) is 3.07. The number of aromatic nitrogens is 1. The molecule has 0 fully saturated rings. The van der Waals surface area contributed by atoms with Gasteiger partial charge in [-0.15, -0.1) is 0 Å². The van der Waals surface area contributed by atoms with Crippen molar-refractivity contribution in [3.8, 4) is 11.5 Å². The summed E-state index contributed by atoms with van der Waals surface area (Å²) in [6.45, 7) is 0. The number of rotatable bonds is 5. The predicted octanol–water partition coefficient (Wildman–Crippen LogP) is 3.06. The van der Waals surface area contributed by atoms with Crippen molar-refractivity contribution in [1.29, 1.82) is 0 Å². The third kappa shape index (κ3) is 3.44. The lowest BCUT2D eigenvalue weighted by Crippen LogP contribution is -2.07. The summed E-state index contributed by atoms with van der Waals surface area (Å²) in [7, 11) is 4.38. The average molecular weight is 299 g/mol. The van der Waals surface area contributed by atoms with E-state index < -0.39 is 5.97 Å². The Bertz CT molecular complexity index is 681. The molecule has 1 aromatic carbocycles. The van der Waals surface area contributed by atoms with Crippen LogP contribution < -0.4 is 9.47 Å². The van der Waals surface area contributed by atoms with Crippen LogP contribution in [0.5, 0.6) is 11.5 Å². The number of methoxy groups -OCH3 is 3. The molecule has 1 aromatic heterocycles. The molecule has 5 heteroatoms. The quantitative estimate of drug-likeness (QED) is 0.794. The molecule has 0 N–H and O–H groups in total. The predicted molar refractivity (Wildman–Crippen MR) is 84.1 cm³/mol. The van der Waals surface area contributed by atoms with E-state index in [4.69, 9.17) is 14.2 Å². The maximum Gasteiger partial charge on any atom is 0.342 e. The molecule has 1 heterocycles. The first-order valence-electron chi connectivity index (χ1n) is 6.63. The highest BCUT2D eigenvalue weighted by molar-refractivity contribution is 5.98. The smallest absolute Gasteiger partial charge is 0.342 e. The highest BCUT2D eigenvalue weighted by Gasteiger charge is 2.18. The number of carbonyl (C=O) groups excluding carboxylic acids is 1. The van der Waals surface area contributed by atoms with Crippen molar-refractivity contribution in [3.63, 3.8) is 0 Å². The van der Waals surface area contributed by atoms with Gasteiger partial charge in [-0.3, -0.25) is 4.98 Å². The van der Waals surface area contributed by atoms with Gasteiger partial charge in [0.25, 0.3) is 0 Å². The fourth-order valence-corrected chi connectivity index (χ4v) is 1.99. The number of benzene rings is 1. The SMILES string of the molecule is COC(=O)c1c(C=Cc2ccccn2)cc(OC)cc1OC. The molecule has 5 nitrogen and oxygen atoms in total. The molecule has 0 radical (unpaired) electrons. The van der Waals surface area contributed by atoms with Crippen molar-refractivity contribution in [1.82, 2.24) is 4.98 Å². The fourth-order valence-electron chi connectivity index (χ4n) is 1.99. The maximum atomic E-state index is 12.0. The summed E-state index contributed by atoms with van der Waals surface area (Å²) in [5.41, 5.74) is 1.76. The van der Waals surface area contributed by atoms with Gasteiger partial charge in [0, 0.05) is 12.3 Å². The van der Waals surface area contributed by atoms with Crippen LogP contribution in [0.4, 0.5) is 0 Å². The Kier molecular flexibility index (Phi) is 5.14. The minimum atomic E-state index is -0.472. The largest absolute Gasteiger partial charge is 0.497 e. The lowest BCUT2D eigenvalue weighted by molar-refractivity contribution is 0.0597. The molecule has 2 aromatic rings. The number of nitrogens with zero attached hydrogens (tertiary/aromatic N) is 1. The average Bonchev–Trinajstić information content (AvgIpc) is 2.59. The highest BCUT2D eigenvalue weighted by atomic mass is 16.5. The zero-order valence-corrected chi connectivity index (χ0v) is 12.7. The molecule has 0 aliphatic carbocycles. The van der Waals surface area contributed by atoms with E-state index in [0.717, 1.165) is 5.69 Å². The molecule has 114 valence electrons. The molecule has 0 saturated carbocycles. The van der Waals surface area contributed by atoms with Gasteiger partial charge in [0.15, 0.2) is 0 Å². The summed E-state index contributed by atoms with van der Waals surface area (Å²) in [4.78, 5) is 16.2. The highest BCUT2D eigenvalue weighted by Crippen LogP contribution is 2.30. The van der Waals surface area contributed by atoms with Gasteiger partial charge in [-0.25, -0.2) is 4.79 Å². The van der Waals surface area contributed by atoms with Gasteiger partial charge < -0.3 is 14.2 Å². The van der Waals surface area contributed by atoms with Crippen molar-refractivity contribution in [3.05, 3.63) is 53.3 Å². The van der Waals surface area contributed by atoms with Crippen molar-refractivity contribution in [2.75, 3.05) is 21.3 Å². The normalized spacial score (nSPS) is 10.5. The number of esters is 1. The molecule has 0 unspecified atom stereocenters. The molecule has 2 rings (SSSR count). The first-order chi connectivity index (χ1) is 10.7. The van der Waals surface area contributed by atoms with Crippen LogP contribution in [0.1, 0.15) is 21.6 Å². The van der Waals surface area contributed by atoms with Crippen molar-refractivity contribution in [2.24, 2.45) is 0 Å². The second kappa shape index (κ2) is 7.26. The molecule has 0 amide bonds. The van der Waals surface area contributed by atoms with Gasteiger partial charge in [0.1, 0.15) is 17.1 Å². The lowest BCUT2D eigenvalue weighted by Gasteiger charge is -2.12. The zero-order valence-electron chi connectivity index (χ0n) is 12.7.